The standard InChI is InChI=1S/C12H22N2O3/c1-8-7-13(4)5-6-14(8)11(15)9(2)10(3)12(16)17/h8-10H,5-7H2,1-4H3,(H,16,17). The number of carboxylic acids is 1. The van der Waals surface area contributed by atoms with Gasteiger partial charge >= 0.3 is 5.97 Å². The number of hydrogen-bond donors (Lipinski definition) is 1. The molecule has 0 spiro atoms. The van der Waals surface area contributed by atoms with Crippen LogP contribution >= 0.6 is 0 Å². The molecule has 1 amide bonds. The average Bonchev–Trinajstić information content (AvgIpc) is 2.26. The highest BCUT2D eigenvalue weighted by molar-refractivity contribution is 5.84. The summed E-state index contributed by atoms with van der Waals surface area (Å²) in [7, 11) is 2.03. The van der Waals surface area contributed by atoms with Gasteiger partial charge in [0.1, 0.15) is 0 Å². The van der Waals surface area contributed by atoms with E-state index >= 15 is 0 Å². The second kappa shape index (κ2) is 5.49. The first kappa shape index (κ1) is 14.0. The second-order valence-electron chi connectivity index (χ2n) is 5.06. The SMILES string of the molecule is CC(C(=O)O)C(C)C(=O)N1CCN(C)CC1C. The van der Waals surface area contributed by atoms with E-state index in [1.807, 2.05) is 18.9 Å². The van der Waals surface area contributed by atoms with Gasteiger partial charge in [0.2, 0.25) is 5.91 Å². The van der Waals surface area contributed by atoms with Crippen molar-refractivity contribution in [1.82, 2.24) is 9.80 Å². The van der Waals surface area contributed by atoms with Crippen LogP contribution in [0, 0.1) is 11.8 Å². The molecule has 1 saturated heterocycles. The smallest absolute Gasteiger partial charge is 0.307 e. The zero-order valence-electron chi connectivity index (χ0n) is 11.0. The fourth-order valence-corrected chi connectivity index (χ4v) is 2.16. The molecular formula is C12H22N2O3. The Bertz CT molecular complexity index is 306. The molecule has 0 aromatic rings. The van der Waals surface area contributed by atoms with E-state index in [0.29, 0.717) is 6.54 Å². The van der Waals surface area contributed by atoms with Crippen LogP contribution in [-0.2, 0) is 9.59 Å². The molecule has 1 heterocycles. The first-order valence-corrected chi connectivity index (χ1v) is 6.06. The van der Waals surface area contributed by atoms with E-state index in [0.717, 1.165) is 13.1 Å². The number of piperazine rings is 1. The number of amides is 1. The molecule has 3 unspecified atom stereocenters. The Kier molecular flexibility index (Phi) is 4.51. The molecule has 0 aliphatic carbocycles. The lowest BCUT2D eigenvalue weighted by Gasteiger charge is -2.39. The Morgan fingerprint density at radius 3 is 2.29 bits per heavy atom. The van der Waals surface area contributed by atoms with Crippen LogP contribution in [0.4, 0.5) is 0 Å². The number of carbonyl (C=O) groups is 2. The summed E-state index contributed by atoms with van der Waals surface area (Å²) in [6, 6.07) is 0.157. The van der Waals surface area contributed by atoms with E-state index in [1.54, 1.807) is 13.8 Å². The third-order valence-corrected chi connectivity index (χ3v) is 3.64. The Morgan fingerprint density at radius 1 is 1.24 bits per heavy atom. The first-order chi connectivity index (χ1) is 7.84. The molecule has 3 atom stereocenters. The minimum Gasteiger partial charge on any atom is -0.481 e. The van der Waals surface area contributed by atoms with E-state index in [2.05, 4.69) is 4.90 Å². The van der Waals surface area contributed by atoms with E-state index in [4.69, 9.17) is 5.11 Å². The molecule has 1 fully saturated rings. The number of rotatable bonds is 3. The predicted octanol–water partition coefficient (Wildman–Crippen LogP) is 0.506. The number of likely N-dealkylation sites (N-methyl/N-ethyl adjacent to an activating group) is 1. The van der Waals surface area contributed by atoms with Crippen molar-refractivity contribution in [2.75, 3.05) is 26.7 Å². The maximum absolute atomic E-state index is 12.2. The van der Waals surface area contributed by atoms with Gasteiger partial charge in [0.25, 0.3) is 0 Å². The van der Waals surface area contributed by atoms with Gasteiger partial charge in [0.15, 0.2) is 0 Å². The Labute approximate surface area is 102 Å². The lowest BCUT2D eigenvalue weighted by molar-refractivity contribution is -0.151. The molecule has 0 aromatic carbocycles. The van der Waals surface area contributed by atoms with Crippen LogP contribution < -0.4 is 0 Å². The van der Waals surface area contributed by atoms with Crippen molar-refractivity contribution in [2.45, 2.75) is 26.8 Å². The first-order valence-electron chi connectivity index (χ1n) is 6.06. The highest BCUT2D eigenvalue weighted by Crippen LogP contribution is 2.18. The molecule has 0 radical (unpaired) electrons. The van der Waals surface area contributed by atoms with Crippen LogP contribution in [0.3, 0.4) is 0 Å². The number of aliphatic carboxylic acids is 1. The third-order valence-electron chi connectivity index (χ3n) is 3.64. The number of carbonyl (C=O) groups excluding carboxylic acids is 1. The summed E-state index contributed by atoms with van der Waals surface area (Å²) < 4.78 is 0. The van der Waals surface area contributed by atoms with Crippen molar-refractivity contribution in [2.24, 2.45) is 11.8 Å². The third kappa shape index (κ3) is 3.19. The molecule has 0 aromatic heterocycles. The zero-order chi connectivity index (χ0) is 13.2. The van der Waals surface area contributed by atoms with Gasteiger partial charge in [-0.1, -0.05) is 13.8 Å². The van der Waals surface area contributed by atoms with Gasteiger partial charge in [-0.05, 0) is 14.0 Å². The zero-order valence-corrected chi connectivity index (χ0v) is 11.0. The highest BCUT2D eigenvalue weighted by atomic mass is 16.4. The summed E-state index contributed by atoms with van der Waals surface area (Å²) in [6.07, 6.45) is 0. The summed E-state index contributed by atoms with van der Waals surface area (Å²) >= 11 is 0. The minimum absolute atomic E-state index is 0.0412. The quantitative estimate of drug-likeness (QED) is 0.783. The maximum atomic E-state index is 12.2. The van der Waals surface area contributed by atoms with Crippen molar-refractivity contribution in [3.05, 3.63) is 0 Å². The van der Waals surface area contributed by atoms with Gasteiger partial charge in [-0.2, -0.15) is 0 Å². The van der Waals surface area contributed by atoms with E-state index in [-0.39, 0.29) is 11.9 Å². The Hall–Kier alpha value is -1.10. The molecule has 5 heteroatoms. The van der Waals surface area contributed by atoms with Gasteiger partial charge in [-0.3, -0.25) is 9.59 Å². The van der Waals surface area contributed by atoms with E-state index in [1.165, 1.54) is 0 Å². The van der Waals surface area contributed by atoms with Crippen molar-refractivity contribution in [3.63, 3.8) is 0 Å². The summed E-state index contributed by atoms with van der Waals surface area (Å²) in [5.41, 5.74) is 0. The van der Waals surface area contributed by atoms with Gasteiger partial charge in [-0.15, -0.1) is 0 Å². The molecule has 1 rings (SSSR count). The number of hydrogen-bond acceptors (Lipinski definition) is 3. The molecular weight excluding hydrogens is 220 g/mol. The minimum atomic E-state index is -0.910. The van der Waals surface area contributed by atoms with Crippen LogP contribution in [0.5, 0.6) is 0 Å². The van der Waals surface area contributed by atoms with E-state index < -0.39 is 17.8 Å². The van der Waals surface area contributed by atoms with Gasteiger partial charge in [0.05, 0.1) is 5.92 Å². The fourth-order valence-electron chi connectivity index (χ4n) is 2.16. The summed E-state index contributed by atoms with van der Waals surface area (Å²) in [5.74, 6) is -2.04. The molecule has 5 nitrogen and oxygen atoms in total. The second-order valence-corrected chi connectivity index (χ2v) is 5.06. The molecule has 1 N–H and O–H groups in total. The predicted molar refractivity (Wildman–Crippen MR) is 64.6 cm³/mol. The molecule has 1 aliphatic heterocycles. The van der Waals surface area contributed by atoms with Crippen LogP contribution in [0.1, 0.15) is 20.8 Å². The van der Waals surface area contributed by atoms with Crippen molar-refractivity contribution in [3.8, 4) is 0 Å². The number of carboxylic acid groups (broad SMARTS) is 1. The lowest BCUT2D eigenvalue weighted by Crippen LogP contribution is -2.54. The van der Waals surface area contributed by atoms with Crippen LogP contribution in [0.2, 0.25) is 0 Å². The van der Waals surface area contributed by atoms with Gasteiger partial charge in [0, 0.05) is 31.6 Å². The molecule has 0 bridgehead atoms. The Balaban J connectivity index is 2.66. The summed E-state index contributed by atoms with van der Waals surface area (Å²) in [6.45, 7) is 7.68. The van der Waals surface area contributed by atoms with Gasteiger partial charge < -0.3 is 14.9 Å². The number of nitrogens with zero attached hydrogens (tertiary/aromatic N) is 2. The van der Waals surface area contributed by atoms with Crippen LogP contribution in [0.15, 0.2) is 0 Å². The van der Waals surface area contributed by atoms with Crippen LogP contribution in [0.25, 0.3) is 0 Å². The van der Waals surface area contributed by atoms with Crippen LogP contribution in [-0.4, -0.2) is 59.5 Å². The van der Waals surface area contributed by atoms with Crippen molar-refractivity contribution in [1.29, 1.82) is 0 Å². The average molecular weight is 242 g/mol. The normalized spacial score (nSPS) is 25.4. The monoisotopic (exact) mass is 242 g/mol. The summed E-state index contributed by atoms with van der Waals surface area (Å²) in [4.78, 5) is 27.1. The van der Waals surface area contributed by atoms with E-state index in [9.17, 15) is 9.59 Å². The topological polar surface area (TPSA) is 60.9 Å². The van der Waals surface area contributed by atoms with Crippen molar-refractivity contribution < 1.29 is 14.7 Å². The molecule has 98 valence electrons. The largest absolute Gasteiger partial charge is 0.481 e. The molecule has 1 aliphatic rings. The Morgan fingerprint density at radius 2 is 1.82 bits per heavy atom. The lowest BCUT2D eigenvalue weighted by atomic mass is 9.94. The fraction of sp³-hybridized carbons (Fsp3) is 0.833. The highest BCUT2D eigenvalue weighted by Gasteiger charge is 2.33. The van der Waals surface area contributed by atoms with Gasteiger partial charge in [-0.25, -0.2) is 0 Å². The maximum Gasteiger partial charge on any atom is 0.307 e. The summed E-state index contributed by atoms with van der Waals surface area (Å²) in [5, 5.41) is 8.93. The molecule has 17 heavy (non-hydrogen) atoms. The van der Waals surface area contributed by atoms with Crippen molar-refractivity contribution >= 4 is 11.9 Å². The molecule has 0 saturated carbocycles.